The molecule has 0 aliphatic heterocycles. The van der Waals surface area contributed by atoms with E-state index in [-0.39, 0.29) is 33.7 Å². The van der Waals surface area contributed by atoms with E-state index >= 15 is 0 Å². The van der Waals surface area contributed by atoms with Crippen LogP contribution in [0.15, 0.2) is 36.7 Å². The van der Waals surface area contributed by atoms with E-state index in [2.05, 4.69) is 11.1 Å². The Morgan fingerprint density at radius 1 is 1.16 bits per heavy atom. The summed E-state index contributed by atoms with van der Waals surface area (Å²) in [6.07, 6.45) is 6.97. The molecular formula is C25H33AsFN2O3. The van der Waals surface area contributed by atoms with E-state index in [9.17, 15) is 9.18 Å². The SMILES string of the molecule is COc1ccc(-c2cncc(F)c2)cc1C[As]C1CCC(N(C)C(=O)OC(C)(C)C)CC1. The summed E-state index contributed by atoms with van der Waals surface area (Å²) in [5.41, 5.74) is 2.43. The first-order valence-electron chi connectivity index (χ1n) is 11.1. The van der Waals surface area contributed by atoms with Crippen LogP contribution in [0.25, 0.3) is 11.1 Å². The average molecular weight is 503 g/mol. The number of halogens is 1. The molecule has 0 atom stereocenters. The van der Waals surface area contributed by atoms with Crippen LogP contribution in [0.3, 0.4) is 0 Å². The Labute approximate surface area is 197 Å². The van der Waals surface area contributed by atoms with E-state index in [0.29, 0.717) is 4.71 Å². The molecule has 32 heavy (non-hydrogen) atoms. The van der Waals surface area contributed by atoms with Crippen molar-refractivity contribution in [3.05, 3.63) is 48.0 Å². The number of carbonyl (C=O) groups is 1. The van der Waals surface area contributed by atoms with Crippen molar-refractivity contribution in [1.29, 1.82) is 0 Å². The summed E-state index contributed by atoms with van der Waals surface area (Å²) in [6.45, 7) is 5.69. The van der Waals surface area contributed by atoms with Gasteiger partial charge in [-0.1, -0.05) is 0 Å². The first-order chi connectivity index (χ1) is 15.2. The van der Waals surface area contributed by atoms with Gasteiger partial charge in [-0.05, 0) is 0 Å². The maximum absolute atomic E-state index is 13.6. The Morgan fingerprint density at radius 3 is 2.50 bits per heavy atom. The average Bonchev–Trinajstić information content (AvgIpc) is 2.76. The van der Waals surface area contributed by atoms with Crippen molar-refractivity contribution >= 4 is 21.8 Å². The number of methoxy groups -OCH3 is 1. The van der Waals surface area contributed by atoms with Gasteiger partial charge in [-0.25, -0.2) is 0 Å². The summed E-state index contributed by atoms with van der Waals surface area (Å²) in [5.74, 6) is 0.547. The molecule has 0 N–H and O–H groups in total. The van der Waals surface area contributed by atoms with Gasteiger partial charge in [0.2, 0.25) is 0 Å². The van der Waals surface area contributed by atoms with E-state index in [1.54, 1.807) is 18.2 Å². The Balaban J connectivity index is 1.57. The van der Waals surface area contributed by atoms with Crippen molar-refractivity contribution in [2.24, 2.45) is 0 Å². The van der Waals surface area contributed by atoms with Crippen LogP contribution in [0.2, 0.25) is 4.71 Å². The first kappa shape index (κ1) is 24.6. The molecule has 0 spiro atoms. The molecule has 1 saturated carbocycles. The molecule has 5 nitrogen and oxygen atoms in total. The summed E-state index contributed by atoms with van der Waals surface area (Å²) >= 11 is 0.0975. The van der Waals surface area contributed by atoms with Gasteiger partial charge in [0, 0.05) is 0 Å². The number of hydrogen-bond donors (Lipinski definition) is 0. The fraction of sp³-hybridized carbons (Fsp3) is 0.520. The van der Waals surface area contributed by atoms with Crippen molar-refractivity contribution < 1.29 is 18.7 Å². The van der Waals surface area contributed by atoms with Gasteiger partial charge in [-0.2, -0.15) is 0 Å². The quantitative estimate of drug-likeness (QED) is 0.475. The van der Waals surface area contributed by atoms with Crippen LogP contribution in [0, 0.1) is 5.82 Å². The van der Waals surface area contributed by atoms with Crippen LogP contribution in [0.5, 0.6) is 5.75 Å². The fourth-order valence-electron chi connectivity index (χ4n) is 3.99. The molecule has 0 saturated heterocycles. The molecule has 7 heteroatoms. The number of carbonyl (C=O) groups excluding carboxylic acids is 1. The number of amides is 1. The molecule has 2 aromatic rings. The number of rotatable bonds is 6. The van der Waals surface area contributed by atoms with Crippen molar-refractivity contribution in [2.45, 2.75) is 68.0 Å². The monoisotopic (exact) mass is 503 g/mol. The Kier molecular flexibility index (Phi) is 8.21. The van der Waals surface area contributed by atoms with Gasteiger partial charge in [0.05, 0.1) is 0 Å². The number of hydrogen-bond acceptors (Lipinski definition) is 4. The normalized spacial score (nSPS) is 19.2. The third kappa shape index (κ3) is 6.71. The summed E-state index contributed by atoms with van der Waals surface area (Å²) in [7, 11) is 3.54. The first-order valence-corrected chi connectivity index (χ1v) is 13.5. The summed E-state index contributed by atoms with van der Waals surface area (Å²) in [6, 6.07) is 7.78. The minimum absolute atomic E-state index is 0.0975. The predicted octanol–water partition coefficient (Wildman–Crippen LogP) is 5.70. The molecule has 0 unspecified atom stereocenters. The standard InChI is InChI=1S/C25H33AsFN2O3/c1-25(2,3)32-24(30)29(4)22-9-7-20(8-10-22)26-14-18-12-17(6-11-23(18)31-5)19-13-21(27)16-28-15-19/h6,11-13,15-16,20,22H,7-10,14H2,1-5H3. The second-order valence-electron chi connectivity index (χ2n) is 9.31. The van der Waals surface area contributed by atoms with Gasteiger partial charge in [-0.15, -0.1) is 0 Å². The Bertz CT molecular complexity index is 924. The Morgan fingerprint density at radius 2 is 1.88 bits per heavy atom. The van der Waals surface area contributed by atoms with Gasteiger partial charge in [0.1, 0.15) is 0 Å². The van der Waals surface area contributed by atoms with Crippen LogP contribution in [-0.2, 0) is 9.95 Å². The molecule has 3 rings (SSSR count). The van der Waals surface area contributed by atoms with Crippen LogP contribution >= 0.6 is 0 Å². The molecule has 1 radical (unpaired) electrons. The van der Waals surface area contributed by atoms with Gasteiger partial charge >= 0.3 is 197 Å². The second-order valence-corrected chi connectivity index (χ2v) is 12.3. The molecular weight excluding hydrogens is 470 g/mol. The van der Waals surface area contributed by atoms with Crippen molar-refractivity contribution in [3.63, 3.8) is 0 Å². The molecule has 1 aromatic carbocycles. The van der Waals surface area contributed by atoms with E-state index in [1.807, 2.05) is 40.0 Å². The molecule has 1 fully saturated rings. The predicted molar refractivity (Wildman–Crippen MR) is 126 cm³/mol. The minimum atomic E-state index is -0.470. The van der Waals surface area contributed by atoms with Crippen molar-refractivity contribution in [3.8, 4) is 16.9 Å². The third-order valence-corrected chi connectivity index (χ3v) is 9.00. The molecule has 1 amide bonds. The molecule has 1 aromatic heterocycles. The third-order valence-electron chi connectivity index (χ3n) is 5.73. The fourth-order valence-corrected chi connectivity index (χ4v) is 6.85. The zero-order valence-electron chi connectivity index (χ0n) is 19.6. The number of ether oxygens (including phenoxy) is 2. The topological polar surface area (TPSA) is 51.7 Å². The summed E-state index contributed by atoms with van der Waals surface area (Å²) < 4.78 is 25.4. The van der Waals surface area contributed by atoms with Crippen LogP contribution in [0.4, 0.5) is 9.18 Å². The van der Waals surface area contributed by atoms with E-state index < -0.39 is 5.60 Å². The number of pyridine rings is 1. The van der Waals surface area contributed by atoms with Gasteiger partial charge in [0.15, 0.2) is 0 Å². The molecule has 1 aliphatic carbocycles. The zero-order valence-corrected chi connectivity index (χ0v) is 21.5. The summed E-state index contributed by atoms with van der Waals surface area (Å²) in [5, 5.41) is 0.994. The zero-order chi connectivity index (χ0) is 23.3. The van der Waals surface area contributed by atoms with Gasteiger partial charge < -0.3 is 0 Å². The maximum atomic E-state index is 13.6. The molecule has 0 bridgehead atoms. The molecule has 1 heterocycles. The van der Waals surface area contributed by atoms with Crippen molar-refractivity contribution in [2.75, 3.05) is 14.2 Å². The van der Waals surface area contributed by atoms with E-state index in [4.69, 9.17) is 9.47 Å². The molecule has 173 valence electrons. The van der Waals surface area contributed by atoms with E-state index in [1.165, 1.54) is 17.8 Å². The van der Waals surface area contributed by atoms with E-state index in [0.717, 1.165) is 47.8 Å². The summed E-state index contributed by atoms with van der Waals surface area (Å²) in [4.78, 5) is 18.1. The number of nitrogens with zero attached hydrogens (tertiary/aromatic N) is 2. The number of benzene rings is 1. The Hall–Kier alpha value is -2.07. The van der Waals surface area contributed by atoms with Crippen molar-refractivity contribution in [1.82, 2.24) is 9.88 Å². The van der Waals surface area contributed by atoms with Crippen LogP contribution in [-0.4, -0.2) is 57.5 Å². The number of aromatic nitrogens is 1. The van der Waals surface area contributed by atoms with Gasteiger partial charge in [-0.3, -0.25) is 0 Å². The second kappa shape index (κ2) is 10.7. The van der Waals surface area contributed by atoms with Crippen LogP contribution < -0.4 is 4.74 Å². The van der Waals surface area contributed by atoms with Gasteiger partial charge in [0.25, 0.3) is 0 Å². The van der Waals surface area contributed by atoms with Crippen LogP contribution in [0.1, 0.15) is 52.0 Å². The molecule has 1 aliphatic rings.